The highest BCUT2D eigenvalue weighted by molar-refractivity contribution is 7.47. The number of hydrogen-bond acceptors (Lipinski definition) is 8. The molecule has 0 radical (unpaired) electrons. The maximum Gasteiger partial charge on any atom is 0.472 e. The molecule has 1 rings (SSSR count). The number of rotatable bonds is 18. The molecule has 10 heteroatoms. The van der Waals surface area contributed by atoms with E-state index >= 15 is 0 Å². The number of hydrogen-bond donors (Lipinski definition) is 6. The third kappa shape index (κ3) is 11.4. The molecule has 192 valence electrons. The average Bonchev–Trinajstić information content (AvgIpc) is 2.76. The van der Waals surface area contributed by atoms with Gasteiger partial charge in [0, 0.05) is 0 Å². The van der Waals surface area contributed by atoms with Gasteiger partial charge in [0.15, 0.2) is 0 Å². The summed E-state index contributed by atoms with van der Waals surface area (Å²) < 4.78 is 21.7. The molecule has 0 saturated heterocycles. The summed E-state index contributed by atoms with van der Waals surface area (Å²) in [5, 5.41) is 48.6. The summed E-state index contributed by atoms with van der Waals surface area (Å²) in [6, 6.07) is 0. The molecule has 0 aliphatic heterocycles. The summed E-state index contributed by atoms with van der Waals surface area (Å²) in [5.74, 6) is 0. The summed E-state index contributed by atoms with van der Waals surface area (Å²) >= 11 is 0. The van der Waals surface area contributed by atoms with E-state index in [1.54, 1.807) is 0 Å². The molecular weight excluding hydrogens is 439 g/mol. The maximum absolute atomic E-state index is 12.1. The van der Waals surface area contributed by atoms with Gasteiger partial charge in [-0.05, 0) is 6.42 Å². The zero-order valence-corrected chi connectivity index (χ0v) is 20.3. The monoisotopic (exact) mass is 484 g/mol. The van der Waals surface area contributed by atoms with Crippen LogP contribution in [0.3, 0.4) is 0 Å². The van der Waals surface area contributed by atoms with Crippen LogP contribution >= 0.6 is 7.82 Å². The van der Waals surface area contributed by atoms with Gasteiger partial charge in [-0.15, -0.1) is 0 Å². The Morgan fingerprint density at radius 2 is 0.938 bits per heavy atom. The largest absolute Gasteiger partial charge is 0.472 e. The summed E-state index contributed by atoms with van der Waals surface area (Å²) in [4.78, 5) is 9.81. The molecule has 6 N–H and O–H groups in total. The SMILES string of the molecule is CCCCCCCCCCCCCCCCOP(=O)(O)OC1[C@@H](O)[C@H](O)C(O)[C@H](O)[C@@H]1O. The lowest BCUT2D eigenvalue weighted by Crippen LogP contribution is -2.64. The fourth-order valence-electron chi connectivity index (χ4n) is 3.98. The fraction of sp³-hybridized carbons (Fsp3) is 1.00. The minimum atomic E-state index is -4.62. The molecule has 0 amide bonds. The van der Waals surface area contributed by atoms with Crippen molar-refractivity contribution in [3.05, 3.63) is 0 Å². The molecule has 3 unspecified atom stereocenters. The molecule has 0 spiro atoms. The summed E-state index contributed by atoms with van der Waals surface area (Å²) in [5.41, 5.74) is 0. The molecule has 9 nitrogen and oxygen atoms in total. The number of unbranched alkanes of at least 4 members (excludes halogenated alkanes) is 13. The van der Waals surface area contributed by atoms with Crippen molar-refractivity contribution in [1.82, 2.24) is 0 Å². The van der Waals surface area contributed by atoms with Gasteiger partial charge in [-0.3, -0.25) is 9.05 Å². The van der Waals surface area contributed by atoms with E-state index in [0.717, 1.165) is 19.3 Å². The lowest BCUT2D eigenvalue weighted by molar-refractivity contribution is -0.220. The molecule has 1 saturated carbocycles. The van der Waals surface area contributed by atoms with Gasteiger partial charge in [0.2, 0.25) is 0 Å². The van der Waals surface area contributed by atoms with Crippen LogP contribution < -0.4 is 0 Å². The zero-order valence-electron chi connectivity index (χ0n) is 19.4. The van der Waals surface area contributed by atoms with Crippen LogP contribution in [0.5, 0.6) is 0 Å². The number of aliphatic hydroxyl groups excluding tert-OH is 5. The van der Waals surface area contributed by atoms with E-state index in [0.29, 0.717) is 6.42 Å². The van der Waals surface area contributed by atoms with Crippen molar-refractivity contribution in [2.45, 2.75) is 133 Å². The Morgan fingerprint density at radius 1 is 0.594 bits per heavy atom. The van der Waals surface area contributed by atoms with E-state index in [2.05, 4.69) is 6.92 Å². The first-order valence-corrected chi connectivity index (χ1v) is 13.8. The predicted molar refractivity (Wildman–Crippen MR) is 121 cm³/mol. The van der Waals surface area contributed by atoms with Crippen LogP contribution in [-0.4, -0.2) is 73.7 Å². The summed E-state index contributed by atoms with van der Waals surface area (Å²) in [6.45, 7) is 2.20. The molecular formula is C22H45O9P. The summed E-state index contributed by atoms with van der Waals surface area (Å²) in [7, 11) is -4.62. The Bertz CT molecular complexity index is 506. The van der Waals surface area contributed by atoms with Crippen molar-refractivity contribution in [1.29, 1.82) is 0 Å². The summed E-state index contributed by atoms with van der Waals surface area (Å²) in [6.07, 6.45) is 5.64. The Morgan fingerprint density at radius 3 is 1.34 bits per heavy atom. The van der Waals surface area contributed by atoms with Crippen LogP contribution in [0.2, 0.25) is 0 Å². The second kappa shape index (κ2) is 16.5. The van der Waals surface area contributed by atoms with Crippen molar-refractivity contribution in [3.8, 4) is 0 Å². The molecule has 1 aliphatic rings. The molecule has 0 aromatic carbocycles. The third-order valence-electron chi connectivity index (χ3n) is 6.08. The van der Waals surface area contributed by atoms with Gasteiger partial charge in [-0.25, -0.2) is 4.57 Å². The molecule has 1 aliphatic carbocycles. The highest BCUT2D eigenvalue weighted by Crippen LogP contribution is 2.47. The molecule has 0 heterocycles. The second-order valence-electron chi connectivity index (χ2n) is 8.92. The van der Waals surface area contributed by atoms with E-state index in [4.69, 9.17) is 9.05 Å². The van der Waals surface area contributed by atoms with Gasteiger partial charge >= 0.3 is 7.82 Å². The standard InChI is InChI=1S/C22H45O9P/c1-2-3-4-5-6-7-8-9-10-11-12-13-14-15-16-30-32(28,29)31-22-20(26)18(24)17(23)19(25)21(22)27/h17-27H,2-16H2,1H3,(H,28,29)/t17?,18-,19+,20-,21-,22?/m0/s1. The van der Waals surface area contributed by atoms with Gasteiger partial charge in [0.05, 0.1) is 6.61 Å². The average molecular weight is 485 g/mol. The van der Waals surface area contributed by atoms with Crippen molar-refractivity contribution in [2.24, 2.45) is 0 Å². The zero-order chi connectivity index (χ0) is 24.0. The minimum Gasteiger partial charge on any atom is -0.387 e. The Balaban J connectivity index is 2.06. The number of phosphoric acid groups is 1. The first-order chi connectivity index (χ1) is 15.2. The van der Waals surface area contributed by atoms with Crippen LogP contribution in [0.1, 0.15) is 96.8 Å². The first kappa shape index (κ1) is 29.9. The van der Waals surface area contributed by atoms with Crippen molar-refractivity contribution >= 4 is 7.82 Å². The first-order valence-electron chi connectivity index (χ1n) is 12.3. The van der Waals surface area contributed by atoms with E-state index < -0.39 is 44.4 Å². The second-order valence-corrected chi connectivity index (χ2v) is 10.3. The lowest BCUT2D eigenvalue weighted by Gasteiger charge is -2.41. The van der Waals surface area contributed by atoms with Crippen LogP contribution in [0, 0.1) is 0 Å². The quantitative estimate of drug-likeness (QED) is 0.127. The third-order valence-corrected chi connectivity index (χ3v) is 7.10. The van der Waals surface area contributed by atoms with Crippen LogP contribution in [0.15, 0.2) is 0 Å². The Labute approximate surface area is 192 Å². The number of phosphoric ester groups is 1. The predicted octanol–water partition coefficient (Wildman–Crippen LogP) is 2.79. The normalized spacial score (nSPS) is 30.3. The van der Waals surface area contributed by atoms with Gasteiger partial charge in [0.25, 0.3) is 0 Å². The van der Waals surface area contributed by atoms with Crippen molar-refractivity contribution in [2.75, 3.05) is 6.61 Å². The van der Waals surface area contributed by atoms with E-state index in [9.17, 15) is 35.0 Å². The van der Waals surface area contributed by atoms with E-state index in [1.165, 1.54) is 64.2 Å². The fourth-order valence-corrected chi connectivity index (χ4v) is 4.96. The molecule has 0 bridgehead atoms. The molecule has 32 heavy (non-hydrogen) atoms. The van der Waals surface area contributed by atoms with Gasteiger partial charge < -0.3 is 30.4 Å². The van der Waals surface area contributed by atoms with E-state index in [-0.39, 0.29) is 6.61 Å². The Hall–Kier alpha value is -0.0900. The van der Waals surface area contributed by atoms with Gasteiger partial charge in [0.1, 0.15) is 36.6 Å². The lowest BCUT2D eigenvalue weighted by atomic mass is 9.85. The van der Waals surface area contributed by atoms with Gasteiger partial charge in [-0.1, -0.05) is 90.4 Å². The maximum atomic E-state index is 12.1. The van der Waals surface area contributed by atoms with Crippen molar-refractivity contribution in [3.63, 3.8) is 0 Å². The van der Waals surface area contributed by atoms with E-state index in [1.807, 2.05) is 0 Å². The minimum absolute atomic E-state index is 0.0293. The highest BCUT2D eigenvalue weighted by Gasteiger charge is 2.51. The molecule has 1 fully saturated rings. The Kier molecular flexibility index (Phi) is 15.5. The number of aliphatic hydroxyl groups is 5. The molecule has 0 aromatic heterocycles. The van der Waals surface area contributed by atoms with Crippen LogP contribution in [0.4, 0.5) is 0 Å². The smallest absolute Gasteiger partial charge is 0.387 e. The van der Waals surface area contributed by atoms with Crippen LogP contribution in [-0.2, 0) is 13.6 Å². The van der Waals surface area contributed by atoms with Gasteiger partial charge in [-0.2, -0.15) is 0 Å². The highest BCUT2D eigenvalue weighted by atomic mass is 31.2. The van der Waals surface area contributed by atoms with Crippen molar-refractivity contribution < 1.29 is 44.0 Å². The van der Waals surface area contributed by atoms with Crippen LogP contribution in [0.25, 0.3) is 0 Å². The topological polar surface area (TPSA) is 157 Å². The molecule has 0 aromatic rings. The molecule has 7 atom stereocenters.